The van der Waals surface area contributed by atoms with Crippen LogP contribution >= 0.6 is 0 Å². The molecule has 0 unspecified atom stereocenters. The van der Waals surface area contributed by atoms with Crippen molar-refractivity contribution < 1.29 is 9.47 Å². The van der Waals surface area contributed by atoms with Crippen LogP contribution in [0.3, 0.4) is 0 Å². The van der Waals surface area contributed by atoms with Crippen molar-refractivity contribution in [2.24, 2.45) is 0 Å². The lowest BCUT2D eigenvalue weighted by molar-refractivity contribution is 0.297. The first kappa shape index (κ1) is 10.1. The molecular formula is C13H14N2O2. The van der Waals surface area contributed by atoms with Gasteiger partial charge in [-0.1, -0.05) is 0 Å². The van der Waals surface area contributed by atoms with Gasteiger partial charge >= 0.3 is 0 Å². The SMILES string of the molecule is Nc1cc2c(cc1-c1ccc[nH]1)OCCCO2. The molecule has 0 aliphatic carbocycles. The molecule has 0 bridgehead atoms. The zero-order valence-electron chi connectivity index (χ0n) is 9.40. The van der Waals surface area contributed by atoms with E-state index in [2.05, 4.69) is 4.98 Å². The first-order chi connectivity index (χ1) is 8.34. The quantitative estimate of drug-likeness (QED) is 0.740. The van der Waals surface area contributed by atoms with Gasteiger partial charge in [0.15, 0.2) is 11.5 Å². The van der Waals surface area contributed by atoms with E-state index in [1.54, 1.807) is 0 Å². The molecule has 88 valence electrons. The predicted octanol–water partition coefficient (Wildman–Crippen LogP) is 2.43. The van der Waals surface area contributed by atoms with E-state index in [1.165, 1.54) is 0 Å². The van der Waals surface area contributed by atoms with Crippen molar-refractivity contribution in [3.05, 3.63) is 30.5 Å². The van der Waals surface area contributed by atoms with E-state index < -0.39 is 0 Å². The minimum Gasteiger partial charge on any atom is -0.490 e. The van der Waals surface area contributed by atoms with Crippen LogP contribution < -0.4 is 15.2 Å². The summed E-state index contributed by atoms with van der Waals surface area (Å²) in [6, 6.07) is 7.69. The molecule has 0 amide bonds. The van der Waals surface area contributed by atoms with E-state index in [-0.39, 0.29) is 0 Å². The Balaban J connectivity index is 2.09. The summed E-state index contributed by atoms with van der Waals surface area (Å²) in [5, 5.41) is 0. The maximum absolute atomic E-state index is 6.03. The molecule has 4 nitrogen and oxygen atoms in total. The average Bonchev–Trinajstić information content (AvgIpc) is 2.75. The van der Waals surface area contributed by atoms with Gasteiger partial charge in [-0.3, -0.25) is 0 Å². The molecule has 1 aliphatic heterocycles. The van der Waals surface area contributed by atoms with Gasteiger partial charge in [0.2, 0.25) is 0 Å². The van der Waals surface area contributed by atoms with Crippen LogP contribution in [0.4, 0.5) is 5.69 Å². The number of hydrogen-bond acceptors (Lipinski definition) is 3. The molecular weight excluding hydrogens is 216 g/mol. The summed E-state index contributed by atoms with van der Waals surface area (Å²) in [6.07, 6.45) is 2.77. The fraction of sp³-hybridized carbons (Fsp3) is 0.231. The minimum atomic E-state index is 0.675. The summed E-state index contributed by atoms with van der Waals surface area (Å²) in [4.78, 5) is 3.14. The van der Waals surface area contributed by atoms with Crippen LogP contribution in [0, 0.1) is 0 Å². The van der Waals surface area contributed by atoms with Crippen molar-refractivity contribution in [1.82, 2.24) is 4.98 Å². The number of nitrogen functional groups attached to an aromatic ring is 1. The van der Waals surface area contributed by atoms with Gasteiger partial charge in [0, 0.05) is 35.6 Å². The van der Waals surface area contributed by atoms with Gasteiger partial charge < -0.3 is 20.2 Å². The first-order valence-corrected chi connectivity index (χ1v) is 5.67. The van der Waals surface area contributed by atoms with Crippen LogP contribution in [-0.4, -0.2) is 18.2 Å². The number of H-pyrrole nitrogens is 1. The third-order valence-corrected chi connectivity index (χ3v) is 2.81. The van der Waals surface area contributed by atoms with Crippen LogP contribution in [0.2, 0.25) is 0 Å². The number of ether oxygens (including phenoxy) is 2. The largest absolute Gasteiger partial charge is 0.490 e. The molecule has 1 aliphatic rings. The molecule has 1 aromatic carbocycles. The number of rotatable bonds is 1. The van der Waals surface area contributed by atoms with Crippen molar-refractivity contribution in [1.29, 1.82) is 0 Å². The Hall–Kier alpha value is -2.10. The predicted molar refractivity (Wildman–Crippen MR) is 66.2 cm³/mol. The Morgan fingerprint density at radius 2 is 1.88 bits per heavy atom. The van der Waals surface area contributed by atoms with Crippen molar-refractivity contribution in [3.63, 3.8) is 0 Å². The van der Waals surface area contributed by atoms with Gasteiger partial charge in [0.1, 0.15) is 0 Å². The lowest BCUT2D eigenvalue weighted by Gasteiger charge is -2.11. The number of anilines is 1. The number of nitrogens with one attached hydrogen (secondary N) is 1. The van der Waals surface area contributed by atoms with Crippen molar-refractivity contribution in [3.8, 4) is 22.8 Å². The van der Waals surface area contributed by atoms with Gasteiger partial charge in [-0.25, -0.2) is 0 Å². The van der Waals surface area contributed by atoms with Crippen LogP contribution in [0.25, 0.3) is 11.3 Å². The van der Waals surface area contributed by atoms with E-state index in [1.807, 2.05) is 30.5 Å². The van der Waals surface area contributed by atoms with Crippen molar-refractivity contribution in [2.45, 2.75) is 6.42 Å². The highest BCUT2D eigenvalue weighted by Crippen LogP contribution is 2.37. The van der Waals surface area contributed by atoms with Gasteiger partial charge in [-0.15, -0.1) is 0 Å². The Bertz CT molecular complexity index is 520. The minimum absolute atomic E-state index is 0.675. The highest BCUT2D eigenvalue weighted by atomic mass is 16.5. The fourth-order valence-electron chi connectivity index (χ4n) is 1.96. The van der Waals surface area contributed by atoms with Crippen molar-refractivity contribution in [2.75, 3.05) is 18.9 Å². The third-order valence-electron chi connectivity index (χ3n) is 2.81. The van der Waals surface area contributed by atoms with Crippen molar-refractivity contribution >= 4 is 5.69 Å². The molecule has 4 heteroatoms. The summed E-state index contributed by atoms with van der Waals surface area (Å²) in [5.74, 6) is 1.50. The maximum atomic E-state index is 6.03. The van der Waals surface area contributed by atoms with E-state index in [0.29, 0.717) is 18.9 Å². The fourth-order valence-corrected chi connectivity index (χ4v) is 1.96. The standard InChI is InChI=1S/C13H14N2O2/c14-10-8-13-12(16-5-2-6-17-13)7-9(10)11-3-1-4-15-11/h1,3-4,7-8,15H,2,5-6,14H2. The number of nitrogens with two attached hydrogens (primary N) is 1. The van der Waals surface area contributed by atoms with E-state index in [4.69, 9.17) is 15.2 Å². The summed E-state index contributed by atoms with van der Waals surface area (Å²) in [5.41, 5.74) is 8.65. The van der Waals surface area contributed by atoms with Gasteiger partial charge in [0.05, 0.1) is 13.2 Å². The number of aromatic amines is 1. The van der Waals surface area contributed by atoms with Crippen LogP contribution in [0.5, 0.6) is 11.5 Å². The molecule has 0 fully saturated rings. The number of benzene rings is 1. The monoisotopic (exact) mass is 230 g/mol. The number of fused-ring (bicyclic) bond motifs is 1. The van der Waals surface area contributed by atoms with E-state index in [0.717, 1.165) is 29.2 Å². The molecule has 3 N–H and O–H groups in total. The smallest absolute Gasteiger partial charge is 0.163 e. The molecule has 3 rings (SSSR count). The van der Waals surface area contributed by atoms with Crippen LogP contribution in [-0.2, 0) is 0 Å². The second-order valence-corrected chi connectivity index (χ2v) is 4.02. The van der Waals surface area contributed by atoms with Gasteiger partial charge in [-0.2, -0.15) is 0 Å². The lowest BCUT2D eigenvalue weighted by atomic mass is 10.1. The van der Waals surface area contributed by atoms with Gasteiger partial charge in [-0.05, 0) is 18.2 Å². The number of aromatic nitrogens is 1. The summed E-state index contributed by atoms with van der Waals surface area (Å²) < 4.78 is 11.2. The molecule has 0 spiro atoms. The maximum Gasteiger partial charge on any atom is 0.163 e. The molecule has 2 aromatic rings. The molecule has 1 aromatic heterocycles. The molecule has 2 heterocycles. The molecule has 0 radical (unpaired) electrons. The topological polar surface area (TPSA) is 60.3 Å². The highest BCUT2D eigenvalue weighted by Gasteiger charge is 2.14. The van der Waals surface area contributed by atoms with E-state index >= 15 is 0 Å². The zero-order valence-corrected chi connectivity index (χ0v) is 9.40. The molecule has 17 heavy (non-hydrogen) atoms. The molecule has 0 saturated heterocycles. The Morgan fingerprint density at radius 3 is 2.59 bits per heavy atom. The Labute approximate surface area is 99.4 Å². The summed E-state index contributed by atoms with van der Waals surface area (Å²) in [6.45, 7) is 1.36. The highest BCUT2D eigenvalue weighted by molar-refractivity contribution is 5.77. The van der Waals surface area contributed by atoms with Crippen LogP contribution in [0.1, 0.15) is 6.42 Å². The normalized spacial score (nSPS) is 14.4. The molecule has 0 atom stereocenters. The Kier molecular flexibility index (Phi) is 2.40. The lowest BCUT2D eigenvalue weighted by Crippen LogP contribution is -1.97. The second kappa shape index (κ2) is 4.05. The Morgan fingerprint density at radius 1 is 1.12 bits per heavy atom. The summed E-state index contributed by atoms with van der Waals surface area (Å²) >= 11 is 0. The first-order valence-electron chi connectivity index (χ1n) is 5.67. The zero-order chi connectivity index (χ0) is 11.7. The molecule has 0 saturated carbocycles. The van der Waals surface area contributed by atoms with Crippen LogP contribution in [0.15, 0.2) is 30.5 Å². The average molecular weight is 230 g/mol. The summed E-state index contributed by atoms with van der Waals surface area (Å²) in [7, 11) is 0. The van der Waals surface area contributed by atoms with Gasteiger partial charge in [0.25, 0.3) is 0 Å². The second-order valence-electron chi connectivity index (χ2n) is 4.02. The van der Waals surface area contributed by atoms with E-state index in [9.17, 15) is 0 Å². The third kappa shape index (κ3) is 1.82. The number of hydrogen-bond donors (Lipinski definition) is 2.